The van der Waals surface area contributed by atoms with Gasteiger partial charge in [-0.2, -0.15) is 5.10 Å². The predicted molar refractivity (Wildman–Crippen MR) is 117 cm³/mol. The molecule has 2 aromatic carbocycles. The molecule has 3 heterocycles. The van der Waals surface area contributed by atoms with Crippen molar-refractivity contribution in [2.75, 3.05) is 5.32 Å². The van der Waals surface area contributed by atoms with Crippen LogP contribution >= 0.6 is 0 Å². The molecule has 31 heavy (non-hydrogen) atoms. The summed E-state index contributed by atoms with van der Waals surface area (Å²) in [5.41, 5.74) is 3.56. The second kappa shape index (κ2) is 8.16. The molecule has 0 atom stereocenters. The van der Waals surface area contributed by atoms with E-state index < -0.39 is 0 Å². The van der Waals surface area contributed by atoms with Gasteiger partial charge in [0.1, 0.15) is 18.0 Å². The number of amides is 1. The molecule has 152 valence electrons. The fourth-order valence-corrected chi connectivity index (χ4v) is 3.24. The Bertz CT molecular complexity index is 1310. The molecule has 1 amide bonds. The smallest absolute Gasteiger partial charge is 0.276 e. The molecule has 0 saturated heterocycles. The molecule has 0 aliphatic rings. The Morgan fingerprint density at radius 2 is 1.81 bits per heavy atom. The summed E-state index contributed by atoms with van der Waals surface area (Å²) < 4.78 is 9.48. The summed E-state index contributed by atoms with van der Waals surface area (Å²) in [6.45, 7) is 0.334. The number of ether oxygens (including phenoxy) is 1. The number of anilines is 1. The van der Waals surface area contributed by atoms with E-state index in [-0.39, 0.29) is 5.91 Å². The minimum atomic E-state index is -0.285. The maximum atomic E-state index is 12.6. The number of nitrogens with zero attached hydrogens (tertiary/aromatic N) is 4. The van der Waals surface area contributed by atoms with E-state index in [2.05, 4.69) is 15.4 Å². The van der Waals surface area contributed by atoms with Crippen molar-refractivity contribution in [3.05, 3.63) is 109 Å². The molecular formula is C24H19N5O2. The molecule has 0 radical (unpaired) electrons. The van der Waals surface area contributed by atoms with Crippen LogP contribution in [0.15, 0.2) is 97.5 Å². The highest BCUT2D eigenvalue weighted by molar-refractivity contribution is 6.02. The van der Waals surface area contributed by atoms with Gasteiger partial charge in [-0.3, -0.25) is 4.79 Å². The lowest BCUT2D eigenvalue weighted by Crippen LogP contribution is -2.13. The van der Waals surface area contributed by atoms with Crippen molar-refractivity contribution in [2.45, 2.75) is 6.61 Å². The molecule has 0 spiro atoms. The number of imidazole rings is 1. The maximum Gasteiger partial charge on any atom is 0.276 e. The van der Waals surface area contributed by atoms with E-state index in [1.807, 2.05) is 83.5 Å². The van der Waals surface area contributed by atoms with Gasteiger partial charge in [0.2, 0.25) is 0 Å². The Kier molecular flexibility index (Phi) is 4.90. The van der Waals surface area contributed by atoms with Crippen LogP contribution in [0, 0.1) is 0 Å². The summed E-state index contributed by atoms with van der Waals surface area (Å²) in [7, 11) is 0. The Labute approximate surface area is 178 Å². The number of nitrogens with one attached hydrogen (secondary N) is 1. The Morgan fingerprint density at radius 1 is 0.935 bits per heavy atom. The minimum absolute atomic E-state index is 0.285. The van der Waals surface area contributed by atoms with Crippen LogP contribution in [0.4, 0.5) is 5.69 Å². The van der Waals surface area contributed by atoms with Crippen molar-refractivity contribution in [1.82, 2.24) is 19.2 Å². The highest BCUT2D eigenvalue weighted by Crippen LogP contribution is 2.19. The van der Waals surface area contributed by atoms with Crippen molar-refractivity contribution < 1.29 is 9.53 Å². The lowest BCUT2D eigenvalue weighted by atomic mass is 10.3. The zero-order valence-electron chi connectivity index (χ0n) is 16.6. The Balaban J connectivity index is 1.25. The van der Waals surface area contributed by atoms with Gasteiger partial charge in [-0.05, 0) is 42.5 Å². The van der Waals surface area contributed by atoms with E-state index in [4.69, 9.17) is 4.74 Å². The summed E-state index contributed by atoms with van der Waals surface area (Å²) in [5, 5.41) is 7.23. The number of hydrogen-bond donors (Lipinski definition) is 1. The largest absolute Gasteiger partial charge is 0.487 e. The highest BCUT2D eigenvalue weighted by atomic mass is 16.5. The second-order valence-corrected chi connectivity index (χ2v) is 6.95. The normalized spacial score (nSPS) is 10.8. The Hall–Kier alpha value is -4.39. The summed E-state index contributed by atoms with van der Waals surface area (Å²) in [5.74, 6) is 0.358. The molecular weight excluding hydrogens is 390 g/mol. The molecule has 0 saturated carbocycles. The van der Waals surface area contributed by atoms with Gasteiger partial charge < -0.3 is 14.5 Å². The molecule has 5 rings (SSSR count). The number of carbonyl (C=O) groups is 1. The average molecular weight is 409 g/mol. The van der Waals surface area contributed by atoms with Gasteiger partial charge in [0.15, 0.2) is 5.69 Å². The molecule has 1 N–H and O–H groups in total. The molecule has 0 aliphatic heterocycles. The first-order valence-corrected chi connectivity index (χ1v) is 9.82. The number of pyridine rings is 1. The molecule has 7 heteroatoms. The van der Waals surface area contributed by atoms with E-state index in [1.54, 1.807) is 23.0 Å². The minimum Gasteiger partial charge on any atom is -0.487 e. The number of para-hydroxylation sites is 1. The zero-order valence-corrected chi connectivity index (χ0v) is 16.6. The average Bonchev–Trinajstić information content (AvgIpc) is 3.46. The van der Waals surface area contributed by atoms with E-state index in [9.17, 15) is 4.79 Å². The van der Waals surface area contributed by atoms with Gasteiger partial charge in [-0.15, -0.1) is 0 Å². The quantitative estimate of drug-likeness (QED) is 0.452. The first-order valence-electron chi connectivity index (χ1n) is 9.82. The van der Waals surface area contributed by atoms with Crippen LogP contribution in [0.3, 0.4) is 0 Å². The van der Waals surface area contributed by atoms with Crippen molar-refractivity contribution in [1.29, 1.82) is 0 Å². The van der Waals surface area contributed by atoms with Crippen LogP contribution < -0.4 is 10.1 Å². The molecule has 0 unspecified atom stereocenters. The van der Waals surface area contributed by atoms with Gasteiger partial charge in [-0.25, -0.2) is 9.67 Å². The molecule has 0 aliphatic carbocycles. The molecule has 3 aromatic heterocycles. The lowest BCUT2D eigenvalue weighted by molar-refractivity contribution is 0.102. The van der Waals surface area contributed by atoms with Gasteiger partial charge in [-0.1, -0.05) is 30.3 Å². The monoisotopic (exact) mass is 409 g/mol. The van der Waals surface area contributed by atoms with E-state index in [0.717, 1.165) is 17.0 Å². The van der Waals surface area contributed by atoms with E-state index >= 15 is 0 Å². The topological polar surface area (TPSA) is 73.4 Å². The van der Waals surface area contributed by atoms with Gasteiger partial charge in [0.05, 0.1) is 11.4 Å². The van der Waals surface area contributed by atoms with Gasteiger partial charge in [0, 0.05) is 30.3 Å². The number of carbonyl (C=O) groups excluding carboxylic acids is 1. The summed E-state index contributed by atoms with van der Waals surface area (Å²) in [4.78, 5) is 17.1. The SMILES string of the molecule is O=C(Nc1cccc(OCc2cn3ccccc3n2)c1)c1ccn(-c2ccccc2)n1. The van der Waals surface area contributed by atoms with Crippen LogP contribution in [0.25, 0.3) is 11.3 Å². The number of benzene rings is 2. The van der Waals surface area contributed by atoms with Crippen molar-refractivity contribution >= 4 is 17.2 Å². The van der Waals surface area contributed by atoms with Crippen molar-refractivity contribution in [2.24, 2.45) is 0 Å². The molecule has 7 nitrogen and oxygen atoms in total. The van der Waals surface area contributed by atoms with Crippen LogP contribution in [-0.4, -0.2) is 25.1 Å². The first-order chi connectivity index (χ1) is 15.2. The highest BCUT2D eigenvalue weighted by Gasteiger charge is 2.11. The number of rotatable bonds is 6. The van der Waals surface area contributed by atoms with E-state index in [0.29, 0.717) is 23.7 Å². The number of aromatic nitrogens is 4. The molecule has 5 aromatic rings. The summed E-state index contributed by atoms with van der Waals surface area (Å²) in [6, 6.07) is 24.4. The van der Waals surface area contributed by atoms with Crippen molar-refractivity contribution in [3.63, 3.8) is 0 Å². The van der Waals surface area contributed by atoms with Crippen LogP contribution in [0.2, 0.25) is 0 Å². The number of fused-ring (bicyclic) bond motifs is 1. The third-order valence-electron chi connectivity index (χ3n) is 4.73. The summed E-state index contributed by atoms with van der Waals surface area (Å²) in [6.07, 6.45) is 5.64. The van der Waals surface area contributed by atoms with Crippen LogP contribution in [0.1, 0.15) is 16.2 Å². The predicted octanol–water partition coefficient (Wildman–Crippen LogP) is 4.35. The standard InChI is InChI=1S/C24H19N5O2/c30-24(22-12-14-29(27-22)20-8-2-1-3-9-20)26-18-7-6-10-21(15-18)31-17-19-16-28-13-5-4-11-23(28)25-19/h1-16H,17H2,(H,26,30). The van der Waals surface area contributed by atoms with Gasteiger partial charge >= 0.3 is 0 Å². The van der Waals surface area contributed by atoms with Gasteiger partial charge in [0.25, 0.3) is 5.91 Å². The second-order valence-electron chi connectivity index (χ2n) is 6.95. The zero-order chi connectivity index (χ0) is 21.0. The third kappa shape index (κ3) is 4.16. The van der Waals surface area contributed by atoms with Crippen molar-refractivity contribution in [3.8, 4) is 11.4 Å². The Morgan fingerprint density at radius 3 is 2.68 bits per heavy atom. The fourth-order valence-electron chi connectivity index (χ4n) is 3.24. The van der Waals surface area contributed by atoms with E-state index in [1.165, 1.54) is 0 Å². The maximum absolute atomic E-state index is 12.6. The number of hydrogen-bond acceptors (Lipinski definition) is 4. The first kappa shape index (κ1) is 18.6. The van der Waals surface area contributed by atoms with Crippen LogP contribution in [-0.2, 0) is 6.61 Å². The summed E-state index contributed by atoms with van der Waals surface area (Å²) >= 11 is 0. The fraction of sp³-hybridized carbons (Fsp3) is 0.0417. The van der Waals surface area contributed by atoms with Crippen LogP contribution in [0.5, 0.6) is 5.75 Å². The molecule has 0 fully saturated rings. The molecule has 0 bridgehead atoms. The third-order valence-corrected chi connectivity index (χ3v) is 4.73. The lowest BCUT2D eigenvalue weighted by Gasteiger charge is -2.08.